The standard InChI is InChI=1S/C31H41F3O7S/c1-26(2)16-39-30(40-17-26)12-11-28-14-20-18(5-4-6-23(20)41-42(37,38)31(32,33)34)21-13-27(3)22(7-8-24(27)35)19(25(21)28)9-10-29(28,36)15-30/h4-6,19,21-22,24-25,35-36H,7-17H2,1-3H3/t19-,21?,22-,24-,25?,27-,28-,29+/m0/s1. The van der Waals surface area contributed by atoms with Gasteiger partial charge in [0.2, 0.25) is 0 Å². The summed E-state index contributed by atoms with van der Waals surface area (Å²) >= 11 is 0. The van der Waals surface area contributed by atoms with Crippen molar-refractivity contribution in [3.63, 3.8) is 0 Å². The van der Waals surface area contributed by atoms with Crippen molar-refractivity contribution in [1.82, 2.24) is 0 Å². The SMILES string of the molecule is CC1(C)COC2(CC[C@@]34Cc5c(OS(=O)(=O)C(F)(F)F)cccc5C5C[C@]6(C)[C@@H](O)CC[C@H]6[C@H](CC[C@@]3(O)C2)C54)OC1. The first-order valence-corrected chi connectivity index (χ1v) is 16.7. The molecule has 4 saturated carbocycles. The van der Waals surface area contributed by atoms with Crippen LogP contribution in [0, 0.1) is 34.0 Å². The van der Waals surface area contributed by atoms with Crippen molar-refractivity contribution in [2.75, 3.05) is 13.2 Å². The van der Waals surface area contributed by atoms with Gasteiger partial charge in [-0.25, -0.2) is 0 Å². The van der Waals surface area contributed by atoms with E-state index in [1.165, 1.54) is 6.07 Å². The third kappa shape index (κ3) is 3.95. The van der Waals surface area contributed by atoms with Gasteiger partial charge in [-0.1, -0.05) is 32.9 Å². The van der Waals surface area contributed by atoms with Crippen molar-refractivity contribution >= 4 is 10.1 Å². The molecule has 2 N–H and O–H groups in total. The van der Waals surface area contributed by atoms with Gasteiger partial charge in [0, 0.05) is 29.2 Å². The highest BCUT2D eigenvalue weighted by molar-refractivity contribution is 7.88. The second-order valence-electron chi connectivity index (χ2n) is 15.2. The van der Waals surface area contributed by atoms with Crippen molar-refractivity contribution < 1.29 is 45.5 Å². The number of ether oxygens (including phenoxy) is 2. The molecule has 0 amide bonds. The van der Waals surface area contributed by atoms with Crippen molar-refractivity contribution in [2.45, 2.75) is 107 Å². The van der Waals surface area contributed by atoms with E-state index in [1.807, 2.05) is 6.07 Å². The smallest absolute Gasteiger partial charge is 0.393 e. The van der Waals surface area contributed by atoms with Crippen LogP contribution in [0.1, 0.15) is 89.2 Å². The number of hydrogen-bond donors (Lipinski definition) is 2. The summed E-state index contributed by atoms with van der Waals surface area (Å²) < 4.78 is 82.2. The van der Waals surface area contributed by atoms with Crippen LogP contribution >= 0.6 is 0 Å². The molecule has 7 nitrogen and oxygen atoms in total. The van der Waals surface area contributed by atoms with Crippen molar-refractivity contribution in [2.24, 2.45) is 34.0 Å². The lowest BCUT2D eigenvalue weighted by Crippen LogP contribution is -2.70. The van der Waals surface area contributed by atoms with E-state index in [0.29, 0.717) is 50.9 Å². The molecule has 1 heterocycles. The number of rotatable bonds is 2. The molecule has 1 saturated heterocycles. The molecule has 0 aromatic heterocycles. The van der Waals surface area contributed by atoms with Crippen molar-refractivity contribution in [1.29, 1.82) is 0 Å². The third-order valence-electron chi connectivity index (χ3n) is 12.4. The van der Waals surface area contributed by atoms with E-state index in [9.17, 15) is 31.8 Å². The van der Waals surface area contributed by atoms with Crippen LogP contribution in [0.3, 0.4) is 0 Å². The number of alkyl halides is 3. The first-order chi connectivity index (χ1) is 19.5. The second-order valence-corrected chi connectivity index (χ2v) is 16.8. The summed E-state index contributed by atoms with van der Waals surface area (Å²) in [5.74, 6) is -0.893. The minimum atomic E-state index is -5.89. The van der Waals surface area contributed by atoms with Gasteiger partial charge >= 0.3 is 15.6 Å². The summed E-state index contributed by atoms with van der Waals surface area (Å²) in [6, 6.07) is 4.72. The summed E-state index contributed by atoms with van der Waals surface area (Å²) in [6.45, 7) is 7.26. The van der Waals surface area contributed by atoms with Gasteiger partial charge in [0.1, 0.15) is 5.75 Å². The molecule has 1 aromatic carbocycles. The highest BCUT2D eigenvalue weighted by Gasteiger charge is 2.72. The number of benzene rings is 1. The molecule has 0 bridgehead atoms. The topological polar surface area (TPSA) is 102 Å². The number of fused-ring (bicyclic) bond motifs is 4. The average Bonchev–Trinajstić information content (AvgIpc) is 3.20. The molecule has 5 fully saturated rings. The summed E-state index contributed by atoms with van der Waals surface area (Å²) in [4.78, 5) is 0. The van der Waals surface area contributed by atoms with Gasteiger partial charge in [0.15, 0.2) is 5.79 Å². The van der Waals surface area contributed by atoms with Crippen LogP contribution in [0.4, 0.5) is 13.2 Å². The Kier molecular flexibility index (Phi) is 6.19. The van der Waals surface area contributed by atoms with Gasteiger partial charge in [-0.2, -0.15) is 21.6 Å². The molecule has 11 heteroatoms. The van der Waals surface area contributed by atoms with Gasteiger partial charge in [-0.15, -0.1) is 0 Å². The van der Waals surface area contributed by atoms with Gasteiger partial charge in [-0.3, -0.25) is 0 Å². The van der Waals surface area contributed by atoms with Crippen LogP contribution in [0.2, 0.25) is 0 Å². The summed E-state index contributed by atoms with van der Waals surface area (Å²) in [5.41, 5.74) is -6.85. The zero-order chi connectivity index (χ0) is 30.1. The number of halogens is 3. The zero-order valence-corrected chi connectivity index (χ0v) is 25.2. The Morgan fingerprint density at radius 1 is 1.02 bits per heavy atom. The van der Waals surface area contributed by atoms with Gasteiger partial charge in [-0.05, 0) is 85.7 Å². The van der Waals surface area contributed by atoms with E-state index in [-0.39, 0.29) is 53.1 Å². The first kappa shape index (κ1) is 29.3. The van der Waals surface area contributed by atoms with Gasteiger partial charge in [0.25, 0.3) is 0 Å². The fourth-order valence-electron chi connectivity index (χ4n) is 10.5. The van der Waals surface area contributed by atoms with Crippen LogP contribution < -0.4 is 4.18 Å². The fourth-order valence-corrected chi connectivity index (χ4v) is 11.0. The normalized spacial score (nSPS) is 43.6. The first-order valence-electron chi connectivity index (χ1n) is 15.3. The van der Waals surface area contributed by atoms with Crippen molar-refractivity contribution in [3.8, 4) is 5.75 Å². The number of aliphatic hydroxyl groups is 2. The lowest BCUT2D eigenvalue weighted by molar-refractivity contribution is -0.357. The Hall–Kier alpha value is -1.40. The van der Waals surface area contributed by atoms with Crippen LogP contribution in [0.15, 0.2) is 18.2 Å². The molecule has 2 spiro atoms. The van der Waals surface area contributed by atoms with Gasteiger partial charge < -0.3 is 23.9 Å². The molecule has 8 atom stereocenters. The summed E-state index contributed by atoms with van der Waals surface area (Å²) in [6.07, 6.45) is 4.55. The lowest BCUT2D eigenvalue weighted by atomic mass is 9.37. The molecule has 0 radical (unpaired) electrons. The molecule has 234 valence electrons. The highest BCUT2D eigenvalue weighted by atomic mass is 32.2. The van der Waals surface area contributed by atoms with Crippen LogP contribution in [-0.2, 0) is 26.0 Å². The molecule has 5 aliphatic carbocycles. The summed E-state index contributed by atoms with van der Waals surface area (Å²) in [7, 11) is -5.89. The summed E-state index contributed by atoms with van der Waals surface area (Å²) in [5, 5.41) is 24.0. The molecular weight excluding hydrogens is 573 g/mol. The Labute approximate surface area is 245 Å². The molecule has 1 aliphatic heterocycles. The Bertz CT molecular complexity index is 1390. The lowest BCUT2D eigenvalue weighted by Gasteiger charge is -2.70. The average molecular weight is 615 g/mol. The predicted octanol–water partition coefficient (Wildman–Crippen LogP) is 5.43. The van der Waals surface area contributed by atoms with E-state index >= 15 is 0 Å². The molecular formula is C31H41F3O7S. The monoisotopic (exact) mass is 614 g/mol. The van der Waals surface area contributed by atoms with E-state index in [0.717, 1.165) is 18.4 Å². The van der Waals surface area contributed by atoms with Gasteiger partial charge in [0.05, 0.1) is 24.9 Å². The van der Waals surface area contributed by atoms with Crippen LogP contribution in [0.5, 0.6) is 5.75 Å². The van der Waals surface area contributed by atoms with Crippen LogP contribution in [-0.4, -0.2) is 54.8 Å². The zero-order valence-electron chi connectivity index (χ0n) is 24.4. The molecule has 6 aliphatic rings. The minimum Gasteiger partial charge on any atom is -0.393 e. The largest absolute Gasteiger partial charge is 0.534 e. The quantitative estimate of drug-likeness (QED) is 0.338. The Balaban J connectivity index is 1.36. The maximum Gasteiger partial charge on any atom is 0.534 e. The highest BCUT2D eigenvalue weighted by Crippen LogP contribution is 2.74. The fraction of sp³-hybridized carbons (Fsp3) is 0.806. The molecule has 7 rings (SSSR count). The van der Waals surface area contributed by atoms with E-state index in [1.54, 1.807) is 6.07 Å². The van der Waals surface area contributed by atoms with E-state index in [4.69, 9.17) is 13.7 Å². The molecule has 1 aromatic rings. The molecule has 2 unspecified atom stereocenters. The third-order valence-corrected chi connectivity index (χ3v) is 13.4. The second kappa shape index (κ2) is 8.86. The van der Waals surface area contributed by atoms with E-state index < -0.39 is 38.5 Å². The van der Waals surface area contributed by atoms with Crippen LogP contribution in [0.25, 0.3) is 0 Å². The van der Waals surface area contributed by atoms with E-state index in [2.05, 4.69) is 20.8 Å². The van der Waals surface area contributed by atoms with Crippen molar-refractivity contribution in [3.05, 3.63) is 29.3 Å². The Morgan fingerprint density at radius 2 is 1.74 bits per heavy atom. The maximum absolute atomic E-state index is 13.4. The maximum atomic E-state index is 13.4. The number of hydrogen-bond acceptors (Lipinski definition) is 7. The molecule has 42 heavy (non-hydrogen) atoms. The minimum absolute atomic E-state index is 0.0268. The Morgan fingerprint density at radius 3 is 2.43 bits per heavy atom. The predicted molar refractivity (Wildman–Crippen MR) is 146 cm³/mol. The number of aliphatic hydroxyl groups excluding tert-OH is 1.